The second kappa shape index (κ2) is 11.4. The number of tetrazole rings is 1. The third-order valence-electron chi connectivity index (χ3n) is 7.28. The van der Waals surface area contributed by atoms with Gasteiger partial charge in [0.1, 0.15) is 6.04 Å². The van der Waals surface area contributed by atoms with Gasteiger partial charge < -0.3 is 4.98 Å². The van der Waals surface area contributed by atoms with E-state index in [0.29, 0.717) is 31.0 Å². The fraction of sp³-hybridized carbons (Fsp3) is 0.188. The van der Waals surface area contributed by atoms with Gasteiger partial charge in [-0.1, -0.05) is 78.9 Å². The van der Waals surface area contributed by atoms with Crippen molar-refractivity contribution < 1.29 is 0 Å². The molecular weight excluding hydrogens is 516 g/mol. The van der Waals surface area contributed by atoms with Crippen LogP contribution in [0.25, 0.3) is 10.9 Å². The molecule has 200 valence electrons. The normalized spacial score (nSPS) is 12.3. The van der Waals surface area contributed by atoms with Crippen LogP contribution in [0.5, 0.6) is 0 Å². The number of hydrogen-bond donors (Lipinski definition) is 1. The average molecular weight is 547 g/mol. The Labute approximate surface area is 236 Å². The van der Waals surface area contributed by atoms with Gasteiger partial charge >= 0.3 is 0 Å². The van der Waals surface area contributed by atoms with Crippen molar-refractivity contribution in [2.24, 2.45) is 0 Å². The van der Waals surface area contributed by atoms with Gasteiger partial charge in [0, 0.05) is 28.9 Å². The van der Waals surface area contributed by atoms with Crippen LogP contribution in [0.3, 0.4) is 0 Å². The molecule has 0 saturated carbocycles. The quantitative estimate of drug-likeness (QED) is 0.239. The van der Waals surface area contributed by atoms with Crippen LogP contribution in [-0.4, -0.2) is 30.1 Å². The first-order valence-electron chi connectivity index (χ1n) is 13.3. The summed E-state index contributed by atoms with van der Waals surface area (Å²) in [5.41, 5.74) is 5.73. The molecule has 0 spiro atoms. The van der Waals surface area contributed by atoms with Crippen molar-refractivity contribution in [2.75, 3.05) is 0 Å². The Morgan fingerprint density at radius 2 is 1.60 bits per heavy atom. The summed E-state index contributed by atoms with van der Waals surface area (Å²) in [4.78, 5) is 20.6. The van der Waals surface area contributed by atoms with Crippen molar-refractivity contribution >= 4 is 22.2 Å². The molecule has 0 unspecified atom stereocenters. The summed E-state index contributed by atoms with van der Waals surface area (Å²) in [6.45, 7) is 5.85. The Bertz CT molecular complexity index is 1780. The lowest BCUT2D eigenvalue weighted by atomic mass is 9.99. The van der Waals surface area contributed by atoms with E-state index >= 15 is 0 Å². The first kappa shape index (κ1) is 25.9. The number of nitrogens with one attached hydrogen (secondary N) is 1. The number of pyridine rings is 1. The van der Waals surface area contributed by atoms with Gasteiger partial charge in [0.2, 0.25) is 0 Å². The van der Waals surface area contributed by atoms with Crippen LogP contribution < -0.4 is 5.56 Å². The Morgan fingerprint density at radius 3 is 2.33 bits per heavy atom. The second-order valence-electron chi connectivity index (χ2n) is 10.1. The lowest BCUT2D eigenvalue weighted by molar-refractivity contribution is 0.196. The van der Waals surface area contributed by atoms with Gasteiger partial charge in [0.15, 0.2) is 5.82 Å². The minimum absolute atomic E-state index is 0.135. The topological polar surface area (TPSA) is 79.7 Å². The fourth-order valence-electron chi connectivity index (χ4n) is 5.23. The molecule has 0 bridgehead atoms. The standard InChI is InChI=1S/C32H30N6OS/c1-22-15-16-23(2)29-27(22)18-28(32(39)33-29)30(31-34-35-36-38(31)20-25-12-7-4-8-13-25)37(21-26-14-9-17-40-26)19-24-10-5-3-6-11-24/h3-18,30H,19-21H2,1-2H3,(H,33,39)/t30-/m1/s1. The van der Waals surface area contributed by atoms with Crippen LogP contribution in [0.15, 0.2) is 101 Å². The van der Waals surface area contributed by atoms with Crippen molar-refractivity contribution in [3.05, 3.63) is 145 Å². The molecule has 6 aromatic rings. The number of nitrogens with zero attached hydrogens (tertiary/aromatic N) is 5. The SMILES string of the molecule is Cc1ccc(C)c2[nH]c(=O)c([C@H](c3nnnn3Cc3ccccc3)N(Cc3ccccc3)Cc3cccs3)cc12. The summed E-state index contributed by atoms with van der Waals surface area (Å²) < 4.78 is 1.82. The number of aromatic amines is 1. The van der Waals surface area contributed by atoms with Gasteiger partial charge in [-0.05, 0) is 64.0 Å². The molecule has 0 radical (unpaired) electrons. The number of benzene rings is 3. The van der Waals surface area contributed by atoms with Crippen molar-refractivity contribution in [1.29, 1.82) is 0 Å². The fourth-order valence-corrected chi connectivity index (χ4v) is 5.96. The number of H-pyrrole nitrogens is 1. The highest BCUT2D eigenvalue weighted by atomic mass is 32.1. The molecular formula is C32H30N6OS. The number of aryl methyl sites for hydroxylation is 2. The summed E-state index contributed by atoms with van der Waals surface area (Å²) in [5.74, 6) is 0.631. The first-order valence-corrected chi connectivity index (χ1v) is 14.2. The van der Waals surface area contributed by atoms with Gasteiger partial charge in [-0.15, -0.1) is 16.4 Å². The smallest absolute Gasteiger partial charge is 0.253 e. The summed E-state index contributed by atoms with van der Waals surface area (Å²) in [6.07, 6.45) is 0. The molecule has 0 fully saturated rings. The molecule has 8 heteroatoms. The molecule has 1 N–H and O–H groups in total. The number of rotatable bonds is 9. The number of aromatic nitrogens is 5. The summed E-state index contributed by atoms with van der Waals surface area (Å²) >= 11 is 1.70. The van der Waals surface area contributed by atoms with E-state index in [1.807, 2.05) is 60.1 Å². The monoisotopic (exact) mass is 546 g/mol. The predicted molar refractivity (Wildman–Crippen MR) is 159 cm³/mol. The molecule has 0 aliphatic carbocycles. The van der Waals surface area contributed by atoms with Crippen LogP contribution in [0.2, 0.25) is 0 Å². The maximum Gasteiger partial charge on any atom is 0.253 e. The van der Waals surface area contributed by atoms with Crippen molar-refractivity contribution in [1.82, 2.24) is 30.1 Å². The Balaban J connectivity index is 1.55. The van der Waals surface area contributed by atoms with Gasteiger partial charge in [-0.2, -0.15) is 0 Å². The molecule has 3 aromatic carbocycles. The molecule has 0 amide bonds. The van der Waals surface area contributed by atoms with E-state index in [-0.39, 0.29) is 5.56 Å². The molecule has 1 atom stereocenters. The zero-order valence-corrected chi connectivity index (χ0v) is 23.3. The summed E-state index contributed by atoms with van der Waals surface area (Å²) in [7, 11) is 0. The van der Waals surface area contributed by atoms with Crippen LogP contribution in [0, 0.1) is 13.8 Å². The van der Waals surface area contributed by atoms with Crippen molar-refractivity contribution in [3.63, 3.8) is 0 Å². The molecule has 7 nitrogen and oxygen atoms in total. The van der Waals surface area contributed by atoms with Gasteiger partial charge in [-0.3, -0.25) is 9.69 Å². The van der Waals surface area contributed by atoms with E-state index in [2.05, 4.69) is 80.2 Å². The molecule has 0 aliphatic heterocycles. The van der Waals surface area contributed by atoms with Crippen molar-refractivity contribution in [2.45, 2.75) is 39.5 Å². The van der Waals surface area contributed by atoms with E-state index in [1.54, 1.807) is 11.3 Å². The highest BCUT2D eigenvalue weighted by Crippen LogP contribution is 2.32. The van der Waals surface area contributed by atoms with Crippen molar-refractivity contribution in [3.8, 4) is 0 Å². The molecule has 3 aromatic heterocycles. The first-order chi connectivity index (χ1) is 19.6. The molecule has 6 rings (SSSR count). The number of fused-ring (bicyclic) bond motifs is 1. The maximum absolute atomic E-state index is 13.9. The molecule has 0 aliphatic rings. The second-order valence-corrected chi connectivity index (χ2v) is 11.1. The van der Waals surface area contributed by atoms with E-state index in [9.17, 15) is 4.79 Å². The molecule has 3 heterocycles. The van der Waals surface area contributed by atoms with Crippen LogP contribution in [-0.2, 0) is 19.6 Å². The lowest BCUT2D eigenvalue weighted by Gasteiger charge is -2.31. The summed E-state index contributed by atoms with van der Waals surface area (Å²) in [6, 6.07) is 30.3. The average Bonchev–Trinajstić information content (AvgIpc) is 3.65. The van der Waals surface area contributed by atoms with Gasteiger partial charge in [0.05, 0.1) is 12.1 Å². The van der Waals surface area contributed by atoms with E-state index < -0.39 is 6.04 Å². The Hall–Kier alpha value is -4.40. The van der Waals surface area contributed by atoms with E-state index in [4.69, 9.17) is 0 Å². The van der Waals surface area contributed by atoms with Gasteiger partial charge in [0.25, 0.3) is 5.56 Å². The highest BCUT2D eigenvalue weighted by molar-refractivity contribution is 7.09. The minimum Gasteiger partial charge on any atom is -0.321 e. The zero-order valence-electron chi connectivity index (χ0n) is 22.5. The molecule has 0 saturated heterocycles. The molecule has 40 heavy (non-hydrogen) atoms. The Morgan fingerprint density at radius 1 is 0.875 bits per heavy atom. The zero-order chi connectivity index (χ0) is 27.5. The number of thiophene rings is 1. The predicted octanol–water partition coefficient (Wildman–Crippen LogP) is 6.03. The number of hydrogen-bond acceptors (Lipinski definition) is 6. The summed E-state index contributed by atoms with van der Waals surface area (Å²) in [5, 5.41) is 16.1. The van der Waals surface area contributed by atoms with E-state index in [0.717, 1.165) is 33.2 Å². The maximum atomic E-state index is 13.9. The minimum atomic E-state index is -0.492. The largest absolute Gasteiger partial charge is 0.321 e. The van der Waals surface area contributed by atoms with Gasteiger partial charge in [-0.25, -0.2) is 4.68 Å². The lowest BCUT2D eigenvalue weighted by Crippen LogP contribution is -2.34. The van der Waals surface area contributed by atoms with E-state index in [1.165, 1.54) is 4.88 Å². The third-order valence-corrected chi connectivity index (χ3v) is 8.14. The van der Waals surface area contributed by atoms with Crippen LogP contribution >= 0.6 is 11.3 Å². The van der Waals surface area contributed by atoms with Crippen LogP contribution in [0.1, 0.15) is 44.6 Å². The van der Waals surface area contributed by atoms with Crippen LogP contribution in [0.4, 0.5) is 0 Å². The third kappa shape index (κ3) is 5.36. The highest BCUT2D eigenvalue weighted by Gasteiger charge is 2.31. The Kier molecular flexibility index (Phi) is 7.35.